The van der Waals surface area contributed by atoms with Gasteiger partial charge in [-0.05, 0) is 62.6 Å². The molecule has 0 aromatic heterocycles. The lowest BCUT2D eigenvalue weighted by Gasteiger charge is -2.20. The Hall–Kier alpha value is -1.77. The maximum Gasteiger partial charge on any atom is 0.261 e. The van der Waals surface area contributed by atoms with E-state index in [-0.39, 0.29) is 5.91 Å². The summed E-state index contributed by atoms with van der Waals surface area (Å²) in [5, 5.41) is 3.00. The van der Waals surface area contributed by atoms with Gasteiger partial charge in [0.15, 0.2) is 6.10 Å². The highest BCUT2D eigenvalue weighted by molar-refractivity contribution is 5.81. The molecule has 0 aliphatic heterocycles. The lowest BCUT2D eigenvalue weighted by Crippen LogP contribution is -2.37. The molecule has 0 fully saturated rings. The molecule has 2 rings (SSSR count). The number of hydrogen-bond donors (Lipinski definition) is 1. The van der Waals surface area contributed by atoms with Gasteiger partial charge in [-0.2, -0.15) is 0 Å². The quantitative estimate of drug-likeness (QED) is 0.785. The number of benzene rings is 1. The maximum absolute atomic E-state index is 12.3. The van der Waals surface area contributed by atoms with Crippen LogP contribution in [0.25, 0.3) is 0 Å². The predicted octanol–water partition coefficient (Wildman–Crippen LogP) is 4.50. The van der Waals surface area contributed by atoms with E-state index in [1.165, 1.54) is 18.4 Å². The van der Waals surface area contributed by atoms with Crippen LogP contribution < -0.4 is 10.1 Å². The number of allylic oxidation sites excluding steroid dienone is 1. The highest BCUT2D eigenvalue weighted by Gasteiger charge is 2.18. The van der Waals surface area contributed by atoms with Crippen LogP contribution in [0, 0.1) is 6.92 Å². The van der Waals surface area contributed by atoms with E-state index >= 15 is 0 Å². The third kappa shape index (κ3) is 5.12. The van der Waals surface area contributed by atoms with Gasteiger partial charge in [-0.3, -0.25) is 4.79 Å². The van der Waals surface area contributed by atoms with Crippen LogP contribution in [0.3, 0.4) is 0 Å². The number of carbonyl (C=O) groups excluding carboxylic acids is 1. The van der Waals surface area contributed by atoms with Crippen molar-refractivity contribution in [1.29, 1.82) is 0 Å². The van der Waals surface area contributed by atoms with Gasteiger partial charge in [0, 0.05) is 6.54 Å². The first kappa shape index (κ1) is 17.6. The third-order valence-electron chi connectivity index (χ3n) is 4.34. The van der Waals surface area contributed by atoms with Gasteiger partial charge >= 0.3 is 0 Å². The molecule has 1 aliphatic carbocycles. The normalized spacial score (nSPS) is 16.0. The summed E-state index contributed by atoms with van der Waals surface area (Å²) in [6.07, 6.45) is 6.51. The fraction of sp³-hybridized carbons (Fsp3) is 0.550. The van der Waals surface area contributed by atoms with E-state index in [4.69, 9.17) is 4.74 Å². The molecular weight excluding hydrogens is 286 g/mol. The number of aryl methyl sites for hydroxylation is 1. The molecule has 126 valence electrons. The van der Waals surface area contributed by atoms with Crippen LogP contribution in [0.4, 0.5) is 0 Å². The van der Waals surface area contributed by atoms with Crippen molar-refractivity contribution in [3.63, 3.8) is 0 Å². The van der Waals surface area contributed by atoms with Crippen molar-refractivity contribution in [1.82, 2.24) is 5.32 Å². The number of ether oxygens (including phenoxy) is 1. The average Bonchev–Trinajstić information content (AvgIpc) is 2.53. The van der Waals surface area contributed by atoms with E-state index < -0.39 is 6.10 Å². The SMILES string of the molecule is Cc1ccc(C(C)C)c(O[C@H](C)C(=O)NCC2=CCCCC2)c1. The van der Waals surface area contributed by atoms with E-state index in [2.05, 4.69) is 37.4 Å². The standard InChI is InChI=1S/C20H29NO2/c1-14(2)18-11-10-15(3)12-19(18)23-16(4)20(22)21-13-17-8-6-5-7-9-17/h8,10-12,14,16H,5-7,9,13H2,1-4H3,(H,21,22)/t16-/m1/s1. The predicted molar refractivity (Wildman–Crippen MR) is 94.9 cm³/mol. The molecule has 3 heteroatoms. The number of carbonyl (C=O) groups is 1. The van der Waals surface area contributed by atoms with Gasteiger partial charge < -0.3 is 10.1 Å². The Balaban J connectivity index is 1.95. The summed E-state index contributed by atoms with van der Waals surface area (Å²) >= 11 is 0. The molecule has 0 unspecified atom stereocenters. The summed E-state index contributed by atoms with van der Waals surface area (Å²) in [5.41, 5.74) is 3.63. The zero-order valence-corrected chi connectivity index (χ0v) is 14.8. The fourth-order valence-electron chi connectivity index (χ4n) is 2.87. The molecule has 23 heavy (non-hydrogen) atoms. The van der Waals surface area contributed by atoms with Crippen LogP contribution in [0.2, 0.25) is 0 Å². The molecule has 1 aliphatic rings. The van der Waals surface area contributed by atoms with Crippen molar-refractivity contribution in [2.24, 2.45) is 0 Å². The van der Waals surface area contributed by atoms with Crippen LogP contribution in [0.1, 0.15) is 63.5 Å². The fourth-order valence-corrected chi connectivity index (χ4v) is 2.87. The monoisotopic (exact) mass is 315 g/mol. The summed E-state index contributed by atoms with van der Waals surface area (Å²) in [6, 6.07) is 6.19. The molecular formula is C20H29NO2. The van der Waals surface area contributed by atoms with Crippen LogP contribution >= 0.6 is 0 Å². The van der Waals surface area contributed by atoms with Crippen molar-refractivity contribution in [3.8, 4) is 5.75 Å². The topological polar surface area (TPSA) is 38.3 Å². The lowest BCUT2D eigenvalue weighted by molar-refractivity contribution is -0.127. The first-order chi connectivity index (χ1) is 11.0. The molecule has 0 bridgehead atoms. The smallest absolute Gasteiger partial charge is 0.261 e. The Morgan fingerprint density at radius 2 is 2.04 bits per heavy atom. The first-order valence-electron chi connectivity index (χ1n) is 8.70. The first-order valence-corrected chi connectivity index (χ1v) is 8.70. The average molecular weight is 315 g/mol. The second-order valence-corrected chi connectivity index (χ2v) is 6.78. The van der Waals surface area contributed by atoms with Crippen molar-refractivity contribution in [2.75, 3.05) is 6.54 Å². The number of rotatable bonds is 6. The van der Waals surface area contributed by atoms with Crippen molar-refractivity contribution >= 4 is 5.91 Å². The zero-order valence-electron chi connectivity index (χ0n) is 14.8. The van der Waals surface area contributed by atoms with Crippen LogP contribution in [-0.2, 0) is 4.79 Å². The zero-order chi connectivity index (χ0) is 16.8. The lowest BCUT2D eigenvalue weighted by atomic mass is 9.99. The van der Waals surface area contributed by atoms with Gasteiger partial charge in [0.2, 0.25) is 0 Å². The summed E-state index contributed by atoms with van der Waals surface area (Å²) in [7, 11) is 0. The second-order valence-electron chi connectivity index (χ2n) is 6.78. The molecule has 1 aromatic carbocycles. The number of amides is 1. The van der Waals surface area contributed by atoms with E-state index in [1.807, 2.05) is 19.9 Å². The molecule has 0 radical (unpaired) electrons. The molecule has 1 aromatic rings. The minimum absolute atomic E-state index is 0.0484. The van der Waals surface area contributed by atoms with Gasteiger partial charge in [0.25, 0.3) is 5.91 Å². The van der Waals surface area contributed by atoms with Crippen LogP contribution in [0.5, 0.6) is 5.75 Å². The van der Waals surface area contributed by atoms with E-state index in [1.54, 1.807) is 0 Å². The Morgan fingerprint density at radius 3 is 2.70 bits per heavy atom. The number of nitrogens with one attached hydrogen (secondary N) is 1. The Labute approximate surface area is 140 Å². The van der Waals surface area contributed by atoms with Gasteiger partial charge in [-0.25, -0.2) is 0 Å². The Kier molecular flexibility index (Phi) is 6.26. The molecule has 1 atom stereocenters. The van der Waals surface area contributed by atoms with Gasteiger partial charge in [0.1, 0.15) is 5.75 Å². The Bertz CT molecular complexity index is 575. The molecule has 0 saturated carbocycles. The molecule has 1 N–H and O–H groups in total. The summed E-state index contributed by atoms with van der Waals surface area (Å²) in [4.78, 5) is 12.3. The van der Waals surface area contributed by atoms with Crippen LogP contribution in [0.15, 0.2) is 29.8 Å². The van der Waals surface area contributed by atoms with E-state index in [0.717, 1.165) is 29.7 Å². The van der Waals surface area contributed by atoms with Crippen LogP contribution in [-0.4, -0.2) is 18.6 Å². The van der Waals surface area contributed by atoms with Crippen molar-refractivity contribution in [3.05, 3.63) is 41.0 Å². The summed E-state index contributed by atoms with van der Waals surface area (Å²) < 4.78 is 5.96. The van der Waals surface area contributed by atoms with Crippen molar-refractivity contribution in [2.45, 2.75) is 65.4 Å². The third-order valence-corrected chi connectivity index (χ3v) is 4.34. The second kappa shape index (κ2) is 8.19. The van der Waals surface area contributed by atoms with E-state index in [9.17, 15) is 4.79 Å². The molecule has 0 heterocycles. The summed E-state index contributed by atoms with van der Waals surface area (Å²) in [5.74, 6) is 1.14. The van der Waals surface area contributed by atoms with Gasteiger partial charge in [0.05, 0.1) is 0 Å². The molecule has 0 saturated heterocycles. The molecule has 0 spiro atoms. The van der Waals surface area contributed by atoms with Gasteiger partial charge in [-0.15, -0.1) is 0 Å². The van der Waals surface area contributed by atoms with E-state index in [0.29, 0.717) is 12.5 Å². The minimum Gasteiger partial charge on any atom is -0.481 e. The molecule has 1 amide bonds. The number of hydrogen-bond acceptors (Lipinski definition) is 2. The largest absolute Gasteiger partial charge is 0.481 e. The highest BCUT2D eigenvalue weighted by Crippen LogP contribution is 2.28. The minimum atomic E-state index is -0.488. The molecule has 3 nitrogen and oxygen atoms in total. The maximum atomic E-state index is 12.3. The van der Waals surface area contributed by atoms with Crippen molar-refractivity contribution < 1.29 is 9.53 Å². The summed E-state index contributed by atoms with van der Waals surface area (Å²) in [6.45, 7) is 8.78. The van der Waals surface area contributed by atoms with Gasteiger partial charge in [-0.1, -0.05) is 37.6 Å². The Morgan fingerprint density at radius 1 is 1.26 bits per heavy atom. The highest BCUT2D eigenvalue weighted by atomic mass is 16.5.